The van der Waals surface area contributed by atoms with Crippen LogP contribution >= 0.6 is 0 Å². The summed E-state index contributed by atoms with van der Waals surface area (Å²) in [5.41, 5.74) is 2.12. The number of aliphatic carboxylic acids is 1. The summed E-state index contributed by atoms with van der Waals surface area (Å²) in [6, 6.07) is 7.34. The van der Waals surface area contributed by atoms with E-state index < -0.39 is 12.0 Å². The molecule has 0 aromatic heterocycles. The molecule has 0 saturated heterocycles. The number of carboxylic acids is 1. The minimum Gasteiger partial charge on any atom is -0.489 e. The lowest BCUT2D eigenvalue weighted by atomic mass is 10.0. The van der Waals surface area contributed by atoms with Gasteiger partial charge in [0.1, 0.15) is 18.4 Å². The van der Waals surface area contributed by atoms with Gasteiger partial charge in [0.25, 0.3) is 0 Å². The van der Waals surface area contributed by atoms with E-state index in [9.17, 15) is 9.90 Å². The maximum absolute atomic E-state index is 11.2. The Hall–Kier alpha value is -1.81. The SMILES string of the molecule is CC(C)C[C@@H](NCC1=Cc2ccccc2OC1)C(=O)O. The van der Waals surface area contributed by atoms with Crippen LogP contribution in [0, 0.1) is 5.92 Å². The molecule has 0 radical (unpaired) electrons. The molecular formula is C16H21NO3. The van der Waals surface area contributed by atoms with Crippen LogP contribution < -0.4 is 10.1 Å². The number of nitrogens with one attached hydrogen (secondary N) is 1. The van der Waals surface area contributed by atoms with Gasteiger partial charge >= 0.3 is 5.97 Å². The average molecular weight is 275 g/mol. The molecule has 0 unspecified atom stereocenters. The zero-order chi connectivity index (χ0) is 14.5. The maximum Gasteiger partial charge on any atom is 0.320 e. The smallest absolute Gasteiger partial charge is 0.320 e. The van der Waals surface area contributed by atoms with E-state index in [0.717, 1.165) is 16.9 Å². The number of benzene rings is 1. The van der Waals surface area contributed by atoms with Crippen molar-refractivity contribution >= 4 is 12.0 Å². The highest BCUT2D eigenvalue weighted by molar-refractivity contribution is 5.73. The molecule has 4 heteroatoms. The third-order valence-electron chi connectivity index (χ3n) is 3.27. The van der Waals surface area contributed by atoms with Crippen molar-refractivity contribution < 1.29 is 14.6 Å². The van der Waals surface area contributed by atoms with Gasteiger partial charge in [0, 0.05) is 12.1 Å². The Morgan fingerprint density at radius 3 is 2.85 bits per heavy atom. The molecule has 1 heterocycles. The second-order valence-corrected chi connectivity index (χ2v) is 5.53. The van der Waals surface area contributed by atoms with Gasteiger partial charge in [-0.25, -0.2) is 0 Å². The topological polar surface area (TPSA) is 58.6 Å². The Morgan fingerprint density at radius 1 is 1.40 bits per heavy atom. The van der Waals surface area contributed by atoms with Crippen LogP contribution in [0.1, 0.15) is 25.8 Å². The quantitative estimate of drug-likeness (QED) is 0.837. The van der Waals surface area contributed by atoms with E-state index in [1.165, 1.54) is 0 Å². The third kappa shape index (κ3) is 3.84. The second kappa shape index (κ2) is 6.57. The van der Waals surface area contributed by atoms with Gasteiger partial charge in [-0.3, -0.25) is 4.79 Å². The molecule has 108 valence electrons. The molecule has 0 saturated carbocycles. The minimum absolute atomic E-state index is 0.348. The summed E-state index contributed by atoms with van der Waals surface area (Å²) in [5, 5.41) is 12.3. The van der Waals surface area contributed by atoms with Crippen molar-refractivity contribution in [2.24, 2.45) is 5.92 Å². The molecule has 1 aromatic rings. The van der Waals surface area contributed by atoms with Crippen LogP contribution in [-0.4, -0.2) is 30.3 Å². The van der Waals surface area contributed by atoms with E-state index in [-0.39, 0.29) is 0 Å². The normalized spacial score (nSPS) is 15.2. The highest BCUT2D eigenvalue weighted by Gasteiger charge is 2.19. The molecule has 2 rings (SSSR count). The van der Waals surface area contributed by atoms with E-state index >= 15 is 0 Å². The highest BCUT2D eigenvalue weighted by Crippen LogP contribution is 2.25. The number of hydrogen-bond donors (Lipinski definition) is 2. The molecule has 20 heavy (non-hydrogen) atoms. The molecule has 0 spiro atoms. The number of carboxylic acid groups (broad SMARTS) is 1. The van der Waals surface area contributed by atoms with Gasteiger partial charge in [-0.05, 0) is 30.1 Å². The van der Waals surface area contributed by atoms with Crippen molar-refractivity contribution in [2.45, 2.75) is 26.3 Å². The Bertz CT molecular complexity index is 508. The molecule has 1 aliphatic heterocycles. The van der Waals surface area contributed by atoms with Crippen molar-refractivity contribution in [1.82, 2.24) is 5.32 Å². The summed E-state index contributed by atoms with van der Waals surface area (Å²) in [6.07, 6.45) is 2.69. The standard InChI is InChI=1S/C16H21NO3/c1-11(2)7-14(16(18)19)17-9-12-8-13-5-3-4-6-15(13)20-10-12/h3-6,8,11,14,17H,7,9-10H2,1-2H3,(H,18,19)/t14-/m1/s1. The van der Waals surface area contributed by atoms with Crippen molar-refractivity contribution in [3.05, 3.63) is 35.4 Å². The fourth-order valence-corrected chi connectivity index (χ4v) is 2.26. The molecule has 1 aromatic carbocycles. The van der Waals surface area contributed by atoms with Gasteiger partial charge in [0.05, 0.1) is 0 Å². The Balaban J connectivity index is 1.97. The fourth-order valence-electron chi connectivity index (χ4n) is 2.26. The predicted octanol–water partition coefficient (Wildman–Crippen LogP) is 2.55. The Kier molecular flexibility index (Phi) is 4.79. The van der Waals surface area contributed by atoms with Gasteiger partial charge in [0.2, 0.25) is 0 Å². The summed E-state index contributed by atoms with van der Waals surface area (Å²) in [6.45, 7) is 5.10. The largest absolute Gasteiger partial charge is 0.489 e. The molecular weight excluding hydrogens is 254 g/mol. The van der Waals surface area contributed by atoms with E-state index in [0.29, 0.717) is 25.5 Å². The first kappa shape index (κ1) is 14.6. The lowest BCUT2D eigenvalue weighted by molar-refractivity contribution is -0.139. The van der Waals surface area contributed by atoms with Crippen molar-refractivity contribution in [3.8, 4) is 5.75 Å². The molecule has 4 nitrogen and oxygen atoms in total. The fraction of sp³-hybridized carbons (Fsp3) is 0.438. The first-order valence-corrected chi connectivity index (χ1v) is 6.93. The van der Waals surface area contributed by atoms with Crippen LogP contribution in [0.4, 0.5) is 0 Å². The Morgan fingerprint density at radius 2 is 2.15 bits per heavy atom. The minimum atomic E-state index is -0.795. The summed E-state index contributed by atoms with van der Waals surface area (Å²) in [5.74, 6) is 0.436. The number of rotatable bonds is 6. The lowest BCUT2D eigenvalue weighted by Crippen LogP contribution is -2.39. The van der Waals surface area contributed by atoms with Gasteiger partial charge in [0.15, 0.2) is 0 Å². The van der Waals surface area contributed by atoms with Crippen molar-refractivity contribution in [1.29, 1.82) is 0 Å². The maximum atomic E-state index is 11.2. The Labute approximate surface area is 119 Å². The number of hydrogen-bond acceptors (Lipinski definition) is 3. The molecule has 0 amide bonds. The average Bonchev–Trinajstić information content (AvgIpc) is 2.42. The number of ether oxygens (including phenoxy) is 1. The van der Waals surface area contributed by atoms with Crippen LogP contribution in [-0.2, 0) is 4.79 Å². The second-order valence-electron chi connectivity index (χ2n) is 5.53. The van der Waals surface area contributed by atoms with E-state index in [1.807, 2.05) is 38.1 Å². The van der Waals surface area contributed by atoms with Gasteiger partial charge in [-0.2, -0.15) is 0 Å². The first-order valence-electron chi connectivity index (χ1n) is 6.93. The number of carbonyl (C=O) groups is 1. The van der Waals surface area contributed by atoms with Gasteiger partial charge in [-0.15, -0.1) is 0 Å². The molecule has 1 aliphatic rings. The number of fused-ring (bicyclic) bond motifs is 1. The van der Waals surface area contributed by atoms with E-state index in [1.54, 1.807) is 0 Å². The summed E-state index contributed by atoms with van der Waals surface area (Å²) in [7, 11) is 0. The van der Waals surface area contributed by atoms with Crippen LogP contribution in [0.5, 0.6) is 5.75 Å². The molecule has 2 N–H and O–H groups in total. The number of para-hydroxylation sites is 1. The third-order valence-corrected chi connectivity index (χ3v) is 3.27. The molecule has 0 bridgehead atoms. The lowest BCUT2D eigenvalue weighted by Gasteiger charge is -2.21. The highest BCUT2D eigenvalue weighted by atomic mass is 16.5. The van der Waals surface area contributed by atoms with Crippen LogP contribution in [0.2, 0.25) is 0 Å². The van der Waals surface area contributed by atoms with Gasteiger partial charge in [-0.1, -0.05) is 32.0 Å². The van der Waals surface area contributed by atoms with Crippen molar-refractivity contribution in [2.75, 3.05) is 13.2 Å². The predicted molar refractivity (Wildman–Crippen MR) is 78.8 cm³/mol. The monoisotopic (exact) mass is 275 g/mol. The van der Waals surface area contributed by atoms with Crippen LogP contribution in [0.15, 0.2) is 29.8 Å². The van der Waals surface area contributed by atoms with E-state index in [4.69, 9.17) is 4.74 Å². The zero-order valence-electron chi connectivity index (χ0n) is 11.9. The van der Waals surface area contributed by atoms with Crippen LogP contribution in [0.3, 0.4) is 0 Å². The zero-order valence-corrected chi connectivity index (χ0v) is 11.9. The van der Waals surface area contributed by atoms with Crippen LogP contribution in [0.25, 0.3) is 6.08 Å². The van der Waals surface area contributed by atoms with Crippen molar-refractivity contribution in [3.63, 3.8) is 0 Å². The summed E-state index contributed by atoms with van der Waals surface area (Å²) < 4.78 is 5.65. The molecule has 0 fully saturated rings. The first-order chi connectivity index (χ1) is 9.56. The molecule has 0 aliphatic carbocycles. The summed E-state index contributed by atoms with van der Waals surface area (Å²) >= 11 is 0. The summed E-state index contributed by atoms with van der Waals surface area (Å²) in [4.78, 5) is 11.2. The van der Waals surface area contributed by atoms with E-state index in [2.05, 4.69) is 11.4 Å². The molecule has 1 atom stereocenters. The van der Waals surface area contributed by atoms with Gasteiger partial charge < -0.3 is 15.2 Å².